The molecular weight excluding hydrogens is 289 g/mol. The molecule has 1 N–H and O–H groups in total. The van der Waals surface area contributed by atoms with E-state index >= 15 is 0 Å². The second kappa shape index (κ2) is 6.89. The maximum atomic E-state index is 12.9. The van der Waals surface area contributed by atoms with Crippen LogP contribution in [0.2, 0.25) is 0 Å². The molecule has 2 aromatic rings. The first-order chi connectivity index (χ1) is 10.5. The Balaban J connectivity index is 2.13. The van der Waals surface area contributed by atoms with Crippen molar-refractivity contribution in [2.24, 2.45) is 0 Å². The molecule has 5 nitrogen and oxygen atoms in total. The summed E-state index contributed by atoms with van der Waals surface area (Å²) in [5.74, 6) is -1.30. The van der Waals surface area contributed by atoms with Gasteiger partial charge in [0, 0.05) is 12.0 Å². The lowest BCUT2D eigenvalue weighted by Gasteiger charge is -2.16. The number of carbonyl (C=O) groups excluding carboxylic acids is 2. The third-order valence-corrected chi connectivity index (χ3v) is 3.21. The SMILES string of the molecule is COC(=O)[C@@H](Cc1ccc(F)cc1)NC(=O)c1occc1C. The first kappa shape index (κ1) is 15.8. The number of hydrogen-bond donors (Lipinski definition) is 1. The lowest BCUT2D eigenvalue weighted by molar-refractivity contribution is -0.142. The van der Waals surface area contributed by atoms with E-state index in [2.05, 4.69) is 5.32 Å². The van der Waals surface area contributed by atoms with Gasteiger partial charge < -0.3 is 14.5 Å². The fourth-order valence-electron chi connectivity index (χ4n) is 2.02. The quantitative estimate of drug-likeness (QED) is 0.860. The Morgan fingerprint density at radius 1 is 1.27 bits per heavy atom. The first-order valence-corrected chi connectivity index (χ1v) is 6.68. The molecule has 0 spiro atoms. The molecular formula is C16H16FNO4. The maximum absolute atomic E-state index is 12.9. The predicted molar refractivity (Wildman–Crippen MR) is 76.8 cm³/mol. The highest BCUT2D eigenvalue weighted by Gasteiger charge is 2.24. The Kier molecular flexibility index (Phi) is 4.93. The molecule has 1 atom stereocenters. The molecule has 1 amide bonds. The molecule has 0 unspecified atom stereocenters. The Bertz CT molecular complexity index is 663. The summed E-state index contributed by atoms with van der Waals surface area (Å²) in [5.41, 5.74) is 1.37. The Labute approximate surface area is 127 Å². The van der Waals surface area contributed by atoms with E-state index in [9.17, 15) is 14.0 Å². The van der Waals surface area contributed by atoms with Gasteiger partial charge in [0.25, 0.3) is 5.91 Å². The van der Waals surface area contributed by atoms with Crippen molar-refractivity contribution in [2.45, 2.75) is 19.4 Å². The highest BCUT2D eigenvalue weighted by Crippen LogP contribution is 2.11. The zero-order valence-corrected chi connectivity index (χ0v) is 12.3. The van der Waals surface area contributed by atoms with Gasteiger partial charge in [-0.15, -0.1) is 0 Å². The number of halogens is 1. The molecule has 0 fully saturated rings. The van der Waals surface area contributed by atoms with Gasteiger partial charge in [-0.3, -0.25) is 4.79 Å². The Hall–Kier alpha value is -2.63. The minimum Gasteiger partial charge on any atom is -0.467 e. The highest BCUT2D eigenvalue weighted by atomic mass is 19.1. The number of aryl methyl sites for hydroxylation is 1. The summed E-state index contributed by atoms with van der Waals surface area (Å²) in [5, 5.41) is 2.57. The largest absolute Gasteiger partial charge is 0.467 e. The standard InChI is InChI=1S/C16H16FNO4/c1-10-7-8-22-14(10)15(19)18-13(16(20)21-2)9-11-3-5-12(17)6-4-11/h3-8,13H,9H2,1-2H3,(H,18,19)/t13-/m1/s1. The van der Waals surface area contributed by atoms with Crippen LogP contribution in [0.3, 0.4) is 0 Å². The van der Waals surface area contributed by atoms with Gasteiger partial charge in [0.2, 0.25) is 0 Å². The van der Waals surface area contributed by atoms with Gasteiger partial charge in [0.15, 0.2) is 5.76 Å². The minimum absolute atomic E-state index is 0.146. The van der Waals surface area contributed by atoms with Crippen LogP contribution in [-0.2, 0) is 16.0 Å². The molecule has 1 aromatic carbocycles. The Morgan fingerprint density at radius 2 is 1.95 bits per heavy atom. The van der Waals surface area contributed by atoms with Crippen molar-refractivity contribution in [3.8, 4) is 0 Å². The van der Waals surface area contributed by atoms with Gasteiger partial charge in [0.05, 0.1) is 13.4 Å². The monoisotopic (exact) mass is 305 g/mol. The van der Waals surface area contributed by atoms with Crippen LogP contribution in [0.15, 0.2) is 41.0 Å². The van der Waals surface area contributed by atoms with E-state index in [1.807, 2.05) is 0 Å². The molecule has 22 heavy (non-hydrogen) atoms. The number of hydrogen-bond acceptors (Lipinski definition) is 4. The Morgan fingerprint density at radius 3 is 2.50 bits per heavy atom. The van der Waals surface area contributed by atoms with E-state index in [4.69, 9.17) is 9.15 Å². The van der Waals surface area contributed by atoms with E-state index in [0.717, 1.165) is 0 Å². The molecule has 116 valence electrons. The number of methoxy groups -OCH3 is 1. The van der Waals surface area contributed by atoms with Crippen LogP contribution in [0, 0.1) is 12.7 Å². The second-order valence-corrected chi connectivity index (χ2v) is 4.81. The van der Waals surface area contributed by atoms with Crippen molar-refractivity contribution in [1.82, 2.24) is 5.32 Å². The molecule has 1 aromatic heterocycles. The zero-order valence-electron chi connectivity index (χ0n) is 12.3. The molecule has 0 aliphatic rings. The van der Waals surface area contributed by atoms with Gasteiger partial charge in [0.1, 0.15) is 11.9 Å². The summed E-state index contributed by atoms with van der Waals surface area (Å²) in [6, 6.07) is 6.46. The topological polar surface area (TPSA) is 68.5 Å². The average molecular weight is 305 g/mol. The van der Waals surface area contributed by atoms with E-state index in [-0.39, 0.29) is 18.0 Å². The van der Waals surface area contributed by atoms with Gasteiger partial charge >= 0.3 is 5.97 Å². The van der Waals surface area contributed by atoms with Crippen molar-refractivity contribution in [3.63, 3.8) is 0 Å². The number of esters is 1. The number of ether oxygens (including phenoxy) is 1. The smallest absolute Gasteiger partial charge is 0.328 e. The first-order valence-electron chi connectivity index (χ1n) is 6.68. The molecule has 0 saturated heterocycles. The van der Waals surface area contributed by atoms with E-state index in [0.29, 0.717) is 11.1 Å². The van der Waals surface area contributed by atoms with Crippen LogP contribution >= 0.6 is 0 Å². The molecule has 0 saturated carbocycles. The average Bonchev–Trinajstić information content (AvgIpc) is 2.94. The second-order valence-electron chi connectivity index (χ2n) is 4.81. The number of furan rings is 1. The van der Waals surface area contributed by atoms with Crippen LogP contribution in [0.25, 0.3) is 0 Å². The minimum atomic E-state index is -0.882. The van der Waals surface area contributed by atoms with Crippen LogP contribution in [0.4, 0.5) is 4.39 Å². The summed E-state index contributed by atoms with van der Waals surface area (Å²) >= 11 is 0. The van der Waals surface area contributed by atoms with E-state index < -0.39 is 17.9 Å². The third-order valence-electron chi connectivity index (χ3n) is 3.21. The molecule has 0 aliphatic heterocycles. The summed E-state index contributed by atoms with van der Waals surface area (Å²) in [4.78, 5) is 24.0. The van der Waals surface area contributed by atoms with E-state index in [1.54, 1.807) is 25.1 Å². The van der Waals surface area contributed by atoms with Crippen LogP contribution in [0.1, 0.15) is 21.7 Å². The number of nitrogens with one attached hydrogen (secondary N) is 1. The lowest BCUT2D eigenvalue weighted by atomic mass is 10.1. The van der Waals surface area contributed by atoms with Crippen molar-refractivity contribution in [2.75, 3.05) is 7.11 Å². The highest BCUT2D eigenvalue weighted by molar-refractivity contribution is 5.95. The summed E-state index contributed by atoms with van der Waals surface area (Å²) in [7, 11) is 1.24. The van der Waals surface area contributed by atoms with Crippen molar-refractivity contribution >= 4 is 11.9 Å². The number of carbonyl (C=O) groups is 2. The molecule has 6 heteroatoms. The fraction of sp³-hybridized carbons (Fsp3) is 0.250. The van der Waals surface area contributed by atoms with Crippen LogP contribution in [0.5, 0.6) is 0 Å². The van der Waals surface area contributed by atoms with Crippen molar-refractivity contribution in [3.05, 3.63) is 59.3 Å². The van der Waals surface area contributed by atoms with Crippen LogP contribution < -0.4 is 5.32 Å². The summed E-state index contributed by atoms with van der Waals surface area (Å²) in [6.07, 6.45) is 1.59. The third kappa shape index (κ3) is 3.72. The van der Waals surface area contributed by atoms with Crippen molar-refractivity contribution < 1.29 is 23.1 Å². The van der Waals surface area contributed by atoms with Gasteiger partial charge in [-0.2, -0.15) is 0 Å². The fourth-order valence-corrected chi connectivity index (χ4v) is 2.02. The summed E-state index contributed by atoms with van der Waals surface area (Å²) < 4.78 is 22.7. The lowest BCUT2D eigenvalue weighted by Crippen LogP contribution is -2.43. The van der Waals surface area contributed by atoms with E-state index in [1.165, 1.54) is 25.5 Å². The number of benzene rings is 1. The molecule has 2 rings (SSSR count). The summed E-state index contributed by atoms with van der Waals surface area (Å²) in [6.45, 7) is 1.73. The molecule has 0 bridgehead atoms. The maximum Gasteiger partial charge on any atom is 0.328 e. The molecule has 0 aliphatic carbocycles. The molecule has 0 radical (unpaired) electrons. The van der Waals surface area contributed by atoms with Crippen molar-refractivity contribution in [1.29, 1.82) is 0 Å². The number of rotatable bonds is 5. The zero-order chi connectivity index (χ0) is 16.1. The number of amides is 1. The predicted octanol–water partition coefficient (Wildman–Crippen LogP) is 2.24. The molecule has 1 heterocycles. The van der Waals surface area contributed by atoms with Gasteiger partial charge in [-0.1, -0.05) is 12.1 Å². The van der Waals surface area contributed by atoms with Gasteiger partial charge in [-0.25, -0.2) is 9.18 Å². The van der Waals surface area contributed by atoms with Crippen LogP contribution in [-0.4, -0.2) is 25.0 Å². The van der Waals surface area contributed by atoms with Gasteiger partial charge in [-0.05, 0) is 30.7 Å². The normalized spacial score (nSPS) is 11.8.